The van der Waals surface area contributed by atoms with Crippen molar-refractivity contribution in [1.82, 2.24) is 0 Å². The molecule has 0 rings (SSSR count). The quantitative estimate of drug-likeness (QED) is 0.458. The first-order valence-electron chi connectivity index (χ1n) is 0.730. The van der Waals surface area contributed by atoms with Crippen LogP contribution in [0.25, 0.3) is 0 Å². The Bertz CT molecular complexity index is 53.7. The van der Waals surface area contributed by atoms with E-state index in [0.29, 0.717) is 0 Å². The normalized spacial score (nSPS) is 9.83. The van der Waals surface area contributed by atoms with Crippen molar-refractivity contribution < 1.29 is 67.7 Å². The second-order valence-electron chi connectivity index (χ2n) is 0.447. The van der Waals surface area contributed by atoms with Crippen LogP contribution in [0.2, 0.25) is 0 Å². The predicted octanol–water partition coefficient (Wildman–Crippen LogP) is -3.69. The maximum Gasteiger partial charge on any atom is 3.00 e. The van der Waals surface area contributed by atoms with E-state index < -0.39 is 15.0 Å². The van der Waals surface area contributed by atoms with Crippen molar-refractivity contribution in [2.45, 2.75) is 0 Å². The fraction of sp³-hybridized carbons (Fsp3) is 0. The molecule has 4 nitrogen and oxygen atoms in total. The van der Waals surface area contributed by atoms with Crippen molar-refractivity contribution in [3.05, 3.63) is 0 Å². The Hall–Kier alpha value is 1.50. The van der Waals surface area contributed by atoms with Crippen molar-refractivity contribution in [3.63, 3.8) is 0 Å². The second kappa shape index (κ2) is 3.49. The van der Waals surface area contributed by atoms with Crippen LogP contribution in [0.1, 0.15) is 0 Å². The molecule has 6 heteroatoms. The van der Waals surface area contributed by atoms with Crippen LogP contribution in [0.3, 0.4) is 0 Å². The summed E-state index contributed by atoms with van der Waals surface area (Å²) < 4.78 is 34.4. The van der Waals surface area contributed by atoms with Gasteiger partial charge in [-0.25, -0.2) is 0 Å². The van der Waals surface area contributed by atoms with Crippen LogP contribution in [-0.2, 0) is 18.7 Å². The van der Waals surface area contributed by atoms with E-state index in [9.17, 15) is 0 Å². The van der Waals surface area contributed by atoms with Gasteiger partial charge >= 0.3 is 67.7 Å². The van der Waals surface area contributed by atoms with Gasteiger partial charge in [-0.2, -0.15) is 0 Å². The van der Waals surface area contributed by atoms with Crippen molar-refractivity contribution >= 4 is 0 Å². The van der Waals surface area contributed by atoms with Crippen molar-refractivity contribution in [2.75, 3.05) is 0 Å². The first kappa shape index (κ1) is 10.5. The van der Waals surface area contributed by atoms with Crippen LogP contribution in [0.4, 0.5) is 0 Å². The van der Waals surface area contributed by atoms with E-state index in [4.69, 9.17) is 15.8 Å². The van der Waals surface area contributed by atoms with Gasteiger partial charge in [-0.15, -0.1) is 0 Å². The molecular formula is O4TmV. The second-order valence-corrected chi connectivity index (χ2v) is 1.84. The minimum atomic E-state index is -5.88. The molecule has 0 amide bonds. The predicted molar refractivity (Wildman–Crippen MR) is 0.686 cm³/mol. The van der Waals surface area contributed by atoms with E-state index in [1.807, 2.05) is 0 Å². The number of rotatable bonds is 0. The Labute approximate surface area is 66.9 Å². The van der Waals surface area contributed by atoms with Crippen LogP contribution in [0.5, 0.6) is 0 Å². The van der Waals surface area contributed by atoms with E-state index >= 15 is 0 Å². The van der Waals surface area contributed by atoms with Gasteiger partial charge in [0.1, 0.15) is 0 Å². The van der Waals surface area contributed by atoms with Gasteiger partial charge in [0, 0.05) is 0 Å². The molecule has 0 unspecified atom stereocenters. The molecule has 0 saturated carbocycles. The number of hydrogen-bond donors (Lipinski definition) is 0. The Morgan fingerprint density at radius 2 is 1.17 bits per heavy atom. The van der Waals surface area contributed by atoms with Crippen LogP contribution >= 0.6 is 0 Å². The summed E-state index contributed by atoms with van der Waals surface area (Å²) in [6.07, 6.45) is 0. The monoisotopic (exact) mass is 284 g/mol. The zero-order valence-corrected chi connectivity index (χ0v) is 5.53. The van der Waals surface area contributed by atoms with Gasteiger partial charge in [0.25, 0.3) is 0 Å². The molecule has 0 aliphatic heterocycles. The van der Waals surface area contributed by atoms with Crippen molar-refractivity contribution in [3.8, 4) is 0 Å². The van der Waals surface area contributed by atoms with Gasteiger partial charge in [-0.1, -0.05) is 0 Å². The molecule has 0 radical (unpaired) electrons. The van der Waals surface area contributed by atoms with Crippen LogP contribution < -0.4 is 12.1 Å². The average Bonchev–Trinajstić information content (AvgIpc) is 0.722. The average molecular weight is 284 g/mol. The van der Waals surface area contributed by atoms with E-state index in [-0.39, 0.29) is 36.9 Å². The molecule has 0 aliphatic rings. The maximum atomic E-state index is 8.61. The summed E-state index contributed by atoms with van der Waals surface area (Å²) in [4.78, 5) is 0. The van der Waals surface area contributed by atoms with Crippen molar-refractivity contribution in [1.29, 1.82) is 0 Å². The number of hydrogen-bond acceptors (Lipinski definition) is 4. The summed E-state index contributed by atoms with van der Waals surface area (Å²) in [7, 11) is 0. The zero-order valence-electron chi connectivity index (χ0n) is 2.36. The maximum absolute atomic E-state index is 8.61. The molecule has 0 aromatic rings. The van der Waals surface area contributed by atoms with Crippen LogP contribution in [0, 0.1) is 36.9 Å². The fourth-order valence-corrected chi connectivity index (χ4v) is 0. The first-order valence-corrected chi connectivity index (χ1v) is 3.01. The van der Waals surface area contributed by atoms with Gasteiger partial charge in [0.15, 0.2) is 0 Å². The summed E-state index contributed by atoms with van der Waals surface area (Å²) in [5.74, 6) is 0. The van der Waals surface area contributed by atoms with Gasteiger partial charge in [-0.3, -0.25) is 0 Å². The van der Waals surface area contributed by atoms with Gasteiger partial charge < -0.3 is 0 Å². The molecule has 0 fully saturated rings. The SMILES string of the molecule is [O]=[V]([O-])([O-])[O-].[Tm+3]. The molecule has 6 heavy (non-hydrogen) atoms. The Morgan fingerprint density at radius 3 is 1.17 bits per heavy atom. The third kappa shape index (κ3) is 49.6. The summed E-state index contributed by atoms with van der Waals surface area (Å²) in [5.41, 5.74) is 0. The van der Waals surface area contributed by atoms with Crippen LogP contribution in [0.15, 0.2) is 0 Å². The standard InChI is InChI=1S/4O.Tm.V/q;3*-1;+3;. The fourth-order valence-electron chi connectivity index (χ4n) is 0. The Morgan fingerprint density at radius 1 is 1.17 bits per heavy atom. The molecule has 42 valence electrons. The van der Waals surface area contributed by atoms with E-state index in [2.05, 4.69) is 0 Å². The first-order chi connectivity index (χ1) is 2.00. The minimum Gasteiger partial charge on any atom is 3.00 e. The van der Waals surface area contributed by atoms with Gasteiger partial charge in [0.2, 0.25) is 0 Å². The van der Waals surface area contributed by atoms with Crippen molar-refractivity contribution in [2.24, 2.45) is 0 Å². The Kier molecular flexibility index (Phi) is 6.10. The minimum absolute atomic E-state index is 0. The summed E-state index contributed by atoms with van der Waals surface area (Å²) in [5, 5.41) is 0. The molecule has 0 atom stereocenters. The van der Waals surface area contributed by atoms with Crippen LogP contribution in [-0.4, -0.2) is 0 Å². The largest absolute Gasteiger partial charge is 3.00 e. The summed E-state index contributed by atoms with van der Waals surface area (Å²) in [6, 6.07) is 0. The molecule has 0 heterocycles. The molecule has 0 saturated heterocycles. The van der Waals surface area contributed by atoms with Gasteiger partial charge in [-0.05, 0) is 0 Å². The summed E-state index contributed by atoms with van der Waals surface area (Å²) in [6.45, 7) is 0. The van der Waals surface area contributed by atoms with E-state index in [1.54, 1.807) is 0 Å². The van der Waals surface area contributed by atoms with Gasteiger partial charge in [0.05, 0.1) is 0 Å². The topological polar surface area (TPSA) is 86.2 Å². The molecular weight excluding hydrogens is 284 g/mol. The van der Waals surface area contributed by atoms with E-state index in [0.717, 1.165) is 0 Å². The molecule has 0 N–H and O–H groups in total. The van der Waals surface area contributed by atoms with E-state index in [1.165, 1.54) is 0 Å². The zero-order chi connectivity index (χ0) is 4.50. The Balaban J connectivity index is 0. The smallest absolute Gasteiger partial charge is 3.00 e. The molecule has 0 aromatic heterocycles. The molecule has 0 bridgehead atoms. The molecule has 0 aromatic carbocycles. The third-order valence-electron chi connectivity index (χ3n) is 0. The summed E-state index contributed by atoms with van der Waals surface area (Å²) >= 11 is -5.88. The molecule has 0 aliphatic carbocycles. The molecule has 0 spiro atoms. The third-order valence-corrected chi connectivity index (χ3v) is 0.